The number of ether oxygens (including phenoxy) is 1. The maximum absolute atomic E-state index is 13.7. The molecule has 1 saturated carbocycles. The van der Waals surface area contributed by atoms with Gasteiger partial charge in [0.15, 0.2) is 6.29 Å². The van der Waals surface area contributed by atoms with Crippen LogP contribution < -0.4 is 4.74 Å². The fourth-order valence-corrected chi connectivity index (χ4v) is 3.39. The van der Waals surface area contributed by atoms with Gasteiger partial charge in [-0.3, -0.25) is 4.79 Å². The van der Waals surface area contributed by atoms with Crippen LogP contribution in [0.5, 0.6) is 5.75 Å². The normalized spacial score (nSPS) is 21.7. The van der Waals surface area contributed by atoms with Crippen LogP contribution in [0.15, 0.2) is 30.3 Å². The number of carbonyl (C=O) groups is 1. The van der Waals surface area contributed by atoms with Crippen LogP contribution in [-0.2, 0) is 6.18 Å². The minimum atomic E-state index is -4.59. The van der Waals surface area contributed by atoms with Gasteiger partial charge in [0, 0.05) is 10.9 Å². The summed E-state index contributed by atoms with van der Waals surface area (Å²) in [6.07, 6.45) is -0.904. The van der Waals surface area contributed by atoms with E-state index in [1.165, 1.54) is 12.1 Å². The molecule has 0 radical (unpaired) electrons. The molecule has 2 nitrogen and oxygen atoms in total. The molecular formula is C19H19F3O2. The summed E-state index contributed by atoms with van der Waals surface area (Å²) in [5.41, 5.74) is -0.816. The van der Waals surface area contributed by atoms with E-state index >= 15 is 0 Å². The Labute approximate surface area is 138 Å². The second kappa shape index (κ2) is 6.46. The number of carbonyl (C=O) groups excluding carboxylic acids is 1. The number of hydrogen-bond donors (Lipinski definition) is 0. The summed E-state index contributed by atoms with van der Waals surface area (Å²) in [6, 6.07) is 7.51. The van der Waals surface area contributed by atoms with Gasteiger partial charge in [0.1, 0.15) is 11.3 Å². The predicted octanol–water partition coefficient (Wildman–Crippen LogP) is 5.63. The maximum atomic E-state index is 13.7. The second-order valence-corrected chi connectivity index (χ2v) is 6.50. The molecular weight excluding hydrogens is 317 g/mol. The molecule has 0 unspecified atom stereocenters. The first kappa shape index (κ1) is 16.8. The Balaban J connectivity index is 2.09. The highest BCUT2D eigenvalue weighted by Gasteiger charge is 2.38. The summed E-state index contributed by atoms with van der Waals surface area (Å²) in [5, 5.41) is 0.304. The average molecular weight is 336 g/mol. The van der Waals surface area contributed by atoms with Gasteiger partial charge in [0.25, 0.3) is 0 Å². The lowest BCUT2D eigenvalue weighted by molar-refractivity contribution is -0.138. The van der Waals surface area contributed by atoms with E-state index in [2.05, 4.69) is 6.92 Å². The lowest BCUT2D eigenvalue weighted by Crippen LogP contribution is -2.24. The molecule has 0 atom stereocenters. The quantitative estimate of drug-likeness (QED) is 0.679. The highest BCUT2D eigenvalue weighted by molar-refractivity contribution is 6.01. The van der Waals surface area contributed by atoms with Gasteiger partial charge in [-0.2, -0.15) is 13.2 Å². The summed E-state index contributed by atoms with van der Waals surface area (Å²) in [6.45, 7) is 2.14. The molecule has 1 aliphatic carbocycles. The van der Waals surface area contributed by atoms with Crippen LogP contribution in [0, 0.1) is 5.92 Å². The molecule has 24 heavy (non-hydrogen) atoms. The molecule has 0 spiro atoms. The number of hydrogen-bond acceptors (Lipinski definition) is 2. The molecule has 0 aliphatic heterocycles. The van der Waals surface area contributed by atoms with Crippen molar-refractivity contribution >= 4 is 17.1 Å². The first-order valence-electron chi connectivity index (χ1n) is 8.15. The monoisotopic (exact) mass is 336 g/mol. The van der Waals surface area contributed by atoms with Crippen molar-refractivity contribution in [1.29, 1.82) is 0 Å². The standard InChI is InChI=1S/C19H19F3O2/c1-12-5-8-15(9-6-12)24-16-10-7-13-3-2-4-14(11-23)17(13)18(16)19(20,21)22/h2-4,7,10-12,15H,5-6,8-9H2,1H3. The summed E-state index contributed by atoms with van der Waals surface area (Å²) < 4.78 is 46.9. The smallest absolute Gasteiger partial charge is 0.420 e. The molecule has 0 aromatic heterocycles. The zero-order valence-corrected chi connectivity index (χ0v) is 13.4. The topological polar surface area (TPSA) is 26.3 Å². The summed E-state index contributed by atoms with van der Waals surface area (Å²) in [4.78, 5) is 11.2. The zero-order chi connectivity index (χ0) is 17.3. The Morgan fingerprint density at radius 3 is 2.42 bits per heavy atom. The Hall–Kier alpha value is -2.04. The highest BCUT2D eigenvalue weighted by atomic mass is 19.4. The molecule has 1 aliphatic rings. The minimum absolute atomic E-state index is 0.0301. The molecule has 3 rings (SSSR count). The fourth-order valence-electron chi connectivity index (χ4n) is 3.39. The Morgan fingerprint density at radius 1 is 1.08 bits per heavy atom. The van der Waals surface area contributed by atoms with Crippen molar-refractivity contribution in [3.63, 3.8) is 0 Å². The third kappa shape index (κ3) is 3.25. The third-order valence-corrected chi connectivity index (χ3v) is 4.71. The summed E-state index contributed by atoms with van der Waals surface area (Å²) >= 11 is 0. The van der Waals surface area contributed by atoms with Crippen LogP contribution in [0.1, 0.15) is 48.5 Å². The third-order valence-electron chi connectivity index (χ3n) is 4.71. The molecule has 0 saturated heterocycles. The van der Waals surface area contributed by atoms with Gasteiger partial charge < -0.3 is 4.74 Å². The largest absolute Gasteiger partial charge is 0.490 e. The molecule has 2 aromatic carbocycles. The lowest BCUT2D eigenvalue weighted by Gasteiger charge is -2.28. The molecule has 5 heteroatoms. The number of benzene rings is 2. The van der Waals surface area contributed by atoms with Crippen molar-refractivity contribution in [2.24, 2.45) is 5.92 Å². The van der Waals surface area contributed by atoms with E-state index < -0.39 is 11.7 Å². The van der Waals surface area contributed by atoms with Gasteiger partial charge in [0.2, 0.25) is 0 Å². The van der Waals surface area contributed by atoms with Crippen LogP contribution in [0.4, 0.5) is 13.2 Å². The van der Waals surface area contributed by atoms with Crippen LogP contribution >= 0.6 is 0 Å². The number of halogens is 3. The minimum Gasteiger partial charge on any atom is -0.490 e. The van der Waals surface area contributed by atoms with E-state index in [4.69, 9.17) is 4.74 Å². The Bertz CT molecular complexity index is 744. The number of alkyl halides is 3. The summed E-state index contributed by atoms with van der Waals surface area (Å²) in [7, 11) is 0. The van der Waals surface area contributed by atoms with E-state index in [0.29, 0.717) is 17.6 Å². The number of aldehydes is 1. The SMILES string of the molecule is CC1CCC(Oc2ccc3cccc(C=O)c3c2C(F)(F)F)CC1. The van der Waals surface area contributed by atoms with Crippen LogP contribution in [0.2, 0.25) is 0 Å². The number of fused-ring (bicyclic) bond motifs is 1. The molecule has 0 N–H and O–H groups in total. The van der Waals surface area contributed by atoms with Crippen LogP contribution in [0.3, 0.4) is 0 Å². The first-order valence-corrected chi connectivity index (χ1v) is 8.15. The average Bonchev–Trinajstić information content (AvgIpc) is 2.55. The molecule has 128 valence electrons. The van der Waals surface area contributed by atoms with Crippen LogP contribution in [0.25, 0.3) is 10.8 Å². The van der Waals surface area contributed by atoms with Crippen molar-refractivity contribution < 1.29 is 22.7 Å². The molecule has 0 heterocycles. The van der Waals surface area contributed by atoms with E-state index in [9.17, 15) is 18.0 Å². The Morgan fingerprint density at radius 2 is 1.79 bits per heavy atom. The van der Waals surface area contributed by atoms with Crippen molar-refractivity contribution in [3.8, 4) is 5.75 Å². The van der Waals surface area contributed by atoms with E-state index in [0.717, 1.165) is 25.7 Å². The fraction of sp³-hybridized carbons (Fsp3) is 0.421. The zero-order valence-electron chi connectivity index (χ0n) is 13.4. The van der Waals surface area contributed by atoms with Crippen LogP contribution in [-0.4, -0.2) is 12.4 Å². The van der Waals surface area contributed by atoms with Gasteiger partial charge in [-0.05, 0) is 43.1 Å². The van der Waals surface area contributed by atoms with Crippen molar-refractivity contribution in [1.82, 2.24) is 0 Å². The number of rotatable bonds is 3. The highest BCUT2D eigenvalue weighted by Crippen LogP contribution is 2.43. The van der Waals surface area contributed by atoms with Crippen molar-refractivity contribution in [2.75, 3.05) is 0 Å². The van der Waals surface area contributed by atoms with Gasteiger partial charge in [-0.1, -0.05) is 31.2 Å². The van der Waals surface area contributed by atoms with E-state index in [-0.39, 0.29) is 22.8 Å². The van der Waals surface area contributed by atoms with Gasteiger partial charge in [0.05, 0.1) is 6.10 Å². The maximum Gasteiger partial charge on any atom is 0.420 e. The molecule has 0 bridgehead atoms. The van der Waals surface area contributed by atoms with Gasteiger partial charge in [-0.25, -0.2) is 0 Å². The summed E-state index contributed by atoms with van der Waals surface area (Å²) in [5.74, 6) is 0.411. The molecule has 2 aromatic rings. The van der Waals surface area contributed by atoms with E-state index in [1.54, 1.807) is 18.2 Å². The van der Waals surface area contributed by atoms with Gasteiger partial charge in [-0.15, -0.1) is 0 Å². The second-order valence-electron chi connectivity index (χ2n) is 6.50. The lowest BCUT2D eigenvalue weighted by atomic mass is 9.89. The van der Waals surface area contributed by atoms with E-state index in [1.807, 2.05) is 0 Å². The van der Waals surface area contributed by atoms with Gasteiger partial charge >= 0.3 is 6.18 Å². The Kier molecular flexibility index (Phi) is 4.52. The predicted molar refractivity (Wildman–Crippen MR) is 86.4 cm³/mol. The molecule has 0 amide bonds. The molecule has 1 fully saturated rings. The van der Waals surface area contributed by atoms with Crippen molar-refractivity contribution in [3.05, 3.63) is 41.5 Å². The van der Waals surface area contributed by atoms with Crippen molar-refractivity contribution in [2.45, 2.75) is 44.9 Å². The first-order chi connectivity index (χ1) is 11.4.